The minimum atomic E-state index is -0.0881. The van der Waals surface area contributed by atoms with Gasteiger partial charge in [-0.25, -0.2) is 0 Å². The Morgan fingerprint density at radius 1 is 1.11 bits per heavy atom. The Kier molecular flexibility index (Phi) is 15.8. The second kappa shape index (κ2) is 18.6. The summed E-state index contributed by atoms with van der Waals surface area (Å²) in [5.41, 5.74) is 8.90. The molecule has 0 radical (unpaired) electrons. The maximum Gasteiger partial charge on any atom is 0.207 e. The molecule has 0 aromatic heterocycles. The second-order valence-electron chi connectivity index (χ2n) is 9.33. The number of anilines is 1. The van der Waals surface area contributed by atoms with Crippen LogP contribution in [0.25, 0.3) is 0 Å². The van der Waals surface area contributed by atoms with Crippen LogP contribution in [0.3, 0.4) is 0 Å². The molecule has 5 heteroatoms. The molecule has 1 aliphatic rings. The average molecular weight is 505 g/mol. The number of amides is 1. The number of phenolic OH excluding ortho intramolecular Hbond substituents is 1. The van der Waals surface area contributed by atoms with Crippen molar-refractivity contribution in [3.8, 4) is 5.75 Å². The lowest BCUT2D eigenvalue weighted by atomic mass is 9.93. The number of hydrogen-bond acceptors (Lipinski definition) is 4. The van der Waals surface area contributed by atoms with Gasteiger partial charge in [0.05, 0.1) is 5.69 Å². The Morgan fingerprint density at radius 3 is 2.32 bits per heavy atom. The second-order valence-corrected chi connectivity index (χ2v) is 9.33. The molecule has 2 aromatic carbocycles. The molecule has 1 amide bonds. The van der Waals surface area contributed by atoms with E-state index in [1.165, 1.54) is 57.1 Å². The number of phenols is 1. The van der Waals surface area contributed by atoms with Gasteiger partial charge in [0, 0.05) is 17.7 Å². The van der Waals surface area contributed by atoms with Crippen LogP contribution < -0.4 is 11.1 Å². The standard InChI is InChI=1S/C14H13NO2.C9H13NO.C9H18/c1-9-4-2-3-5-11(9)14(17)10-6-7-13(16)12(15)8-10;1-3-5-6-9(4-2)7-10-8-11;1-9-7-5-3-2-4-6-8-9/h2-8,16H,15H2,1H3;3-6,8H,1,7H2,2H3,(H,10,11);9H,2-8H2,1H3/b;6-5-,9-4+;. The number of carbonyl (C=O) groups excluding carboxylic acids is 2. The van der Waals surface area contributed by atoms with Gasteiger partial charge >= 0.3 is 0 Å². The van der Waals surface area contributed by atoms with Gasteiger partial charge in [-0.2, -0.15) is 0 Å². The van der Waals surface area contributed by atoms with Crippen molar-refractivity contribution in [2.45, 2.75) is 65.7 Å². The number of aromatic hydroxyl groups is 1. The first kappa shape index (κ1) is 31.4. The molecule has 0 bridgehead atoms. The fourth-order valence-electron chi connectivity index (χ4n) is 3.95. The third kappa shape index (κ3) is 12.8. The van der Waals surface area contributed by atoms with Gasteiger partial charge in [-0.3, -0.25) is 9.59 Å². The maximum absolute atomic E-state index is 12.2. The Hall–Kier alpha value is -3.60. The van der Waals surface area contributed by atoms with Crippen LogP contribution in [0.1, 0.15) is 80.3 Å². The van der Waals surface area contributed by atoms with Gasteiger partial charge in [0.25, 0.3) is 0 Å². The van der Waals surface area contributed by atoms with E-state index >= 15 is 0 Å². The lowest BCUT2D eigenvalue weighted by molar-refractivity contribution is -0.109. The summed E-state index contributed by atoms with van der Waals surface area (Å²) in [5.74, 6) is 0.923. The van der Waals surface area contributed by atoms with Crippen LogP contribution in [-0.4, -0.2) is 23.8 Å². The van der Waals surface area contributed by atoms with E-state index in [9.17, 15) is 14.7 Å². The van der Waals surface area contributed by atoms with Gasteiger partial charge in [0.15, 0.2) is 5.78 Å². The highest BCUT2D eigenvalue weighted by atomic mass is 16.3. The molecule has 0 heterocycles. The van der Waals surface area contributed by atoms with E-state index in [1.807, 2.05) is 50.3 Å². The third-order valence-corrected chi connectivity index (χ3v) is 6.28. The Balaban J connectivity index is 0.000000297. The van der Waals surface area contributed by atoms with Gasteiger partial charge in [-0.05, 0) is 49.1 Å². The third-order valence-electron chi connectivity index (χ3n) is 6.28. The van der Waals surface area contributed by atoms with E-state index < -0.39 is 0 Å². The molecule has 1 fully saturated rings. The highest BCUT2D eigenvalue weighted by Crippen LogP contribution is 2.23. The minimum Gasteiger partial charge on any atom is -0.506 e. The van der Waals surface area contributed by atoms with Crippen molar-refractivity contribution >= 4 is 17.9 Å². The van der Waals surface area contributed by atoms with Crippen LogP contribution in [0, 0.1) is 12.8 Å². The van der Waals surface area contributed by atoms with E-state index in [4.69, 9.17) is 5.73 Å². The lowest BCUT2D eigenvalue weighted by Gasteiger charge is -2.13. The van der Waals surface area contributed by atoms with Crippen molar-refractivity contribution in [3.05, 3.63) is 95.6 Å². The summed E-state index contributed by atoms with van der Waals surface area (Å²) in [7, 11) is 0. The zero-order chi connectivity index (χ0) is 27.5. The van der Waals surface area contributed by atoms with Crippen molar-refractivity contribution in [2.24, 2.45) is 5.92 Å². The maximum atomic E-state index is 12.2. The molecule has 3 rings (SSSR count). The molecule has 0 aliphatic heterocycles. The molecule has 0 atom stereocenters. The molecule has 2 aromatic rings. The van der Waals surface area contributed by atoms with E-state index in [-0.39, 0.29) is 17.2 Å². The quantitative estimate of drug-likeness (QED) is 0.121. The predicted octanol–water partition coefficient (Wildman–Crippen LogP) is 7.30. The minimum absolute atomic E-state index is 0.00802. The van der Waals surface area contributed by atoms with Crippen LogP contribution in [-0.2, 0) is 4.79 Å². The molecule has 0 saturated heterocycles. The van der Waals surface area contributed by atoms with Crippen molar-refractivity contribution in [1.82, 2.24) is 5.32 Å². The number of ketones is 1. The molecule has 5 nitrogen and oxygen atoms in total. The molecular formula is C32H44N2O3. The van der Waals surface area contributed by atoms with Crippen LogP contribution >= 0.6 is 0 Å². The smallest absolute Gasteiger partial charge is 0.207 e. The monoisotopic (exact) mass is 504 g/mol. The summed E-state index contributed by atoms with van der Waals surface area (Å²) < 4.78 is 0. The topological polar surface area (TPSA) is 92.4 Å². The predicted molar refractivity (Wildman–Crippen MR) is 156 cm³/mol. The first-order chi connectivity index (χ1) is 17.8. The van der Waals surface area contributed by atoms with Gasteiger partial charge in [0.2, 0.25) is 6.41 Å². The van der Waals surface area contributed by atoms with Crippen molar-refractivity contribution in [2.75, 3.05) is 12.3 Å². The SMILES string of the molecule is C=C/C=C\C(=C/C)CNC=O.CC1CCCCCCC1.Cc1ccccc1C(=O)c1ccc(O)c(N)c1. The summed E-state index contributed by atoms with van der Waals surface area (Å²) in [6.07, 6.45) is 18.5. The fourth-order valence-corrected chi connectivity index (χ4v) is 3.95. The number of benzene rings is 2. The van der Waals surface area contributed by atoms with E-state index in [2.05, 4.69) is 18.8 Å². The number of hydrogen-bond donors (Lipinski definition) is 3. The summed E-state index contributed by atoms with van der Waals surface area (Å²) >= 11 is 0. The zero-order valence-electron chi connectivity index (χ0n) is 22.7. The highest BCUT2D eigenvalue weighted by Gasteiger charge is 2.12. The van der Waals surface area contributed by atoms with Crippen molar-refractivity contribution < 1.29 is 14.7 Å². The van der Waals surface area contributed by atoms with E-state index in [1.54, 1.807) is 18.2 Å². The fraction of sp³-hybridized carbons (Fsp3) is 0.375. The Bertz CT molecular complexity index is 1030. The van der Waals surface area contributed by atoms with Crippen molar-refractivity contribution in [3.63, 3.8) is 0 Å². The highest BCUT2D eigenvalue weighted by molar-refractivity contribution is 6.10. The number of nitrogens with two attached hydrogens (primary N) is 1. The van der Waals surface area contributed by atoms with Gasteiger partial charge in [-0.1, -0.05) is 107 Å². The first-order valence-corrected chi connectivity index (χ1v) is 13.1. The normalized spacial score (nSPS) is 14.2. The molecule has 4 N–H and O–H groups in total. The number of rotatable bonds is 7. The largest absolute Gasteiger partial charge is 0.506 e. The summed E-state index contributed by atoms with van der Waals surface area (Å²) in [5, 5.41) is 11.9. The zero-order valence-corrected chi connectivity index (χ0v) is 22.7. The molecule has 200 valence electrons. The van der Waals surface area contributed by atoms with Gasteiger partial charge < -0.3 is 16.2 Å². The first-order valence-electron chi connectivity index (χ1n) is 13.1. The van der Waals surface area contributed by atoms with Gasteiger partial charge in [0.1, 0.15) is 5.75 Å². The number of nitrogens with one attached hydrogen (secondary N) is 1. The molecular weight excluding hydrogens is 460 g/mol. The molecule has 1 saturated carbocycles. The number of allylic oxidation sites excluding steroid dienone is 3. The summed E-state index contributed by atoms with van der Waals surface area (Å²) in [6.45, 7) is 10.3. The van der Waals surface area contributed by atoms with Crippen LogP contribution in [0.4, 0.5) is 5.69 Å². The molecule has 37 heavy (non-hydrogen) atoms. The number of carbonyl (C=O) groups is 2. The van der Waals surface area contributed by atoms with Crippen molar-refractivity contribution in [1.29, 1.82) is 0 Å². The Labute approximate surface area is 223 Å². The van der Waals surface area contributed by atoms with Crippen LogP contribution in [0.2, 0.25) is 0 Å². The summed E-state index contributed by atoms with van der Waals surface area (Å²) in [4.78, 5) is 22.1. The molecule has 1 aliphatic carbocycles. The number of aryl methyl sites for hydroxylation is 1. The molecule has 0 unspecified atom stereocenters. The average Bonchev–Trinajstić information content (AvgIpc) is 2.89. The Morgan fingerprint density at radius 2 is 1.76 bits per heavy atom. The van der Waals surface area contributed by atoms with Crippen LogP contribution in [0.5, 0.6) is 5.75 Å². The van der Waals surface area contributed by atoms with Crippen LogP contribution in [0.15, 0.2) is 78.9 Å². The lowest BCUT2D eigenvalue weighted by Crippen LogP contribution is -2.13. The summed E-state index contributed by atoms with van der Waals surface area (Å²) in [6, 6.07) is 11.9. The number of nitrogen functional groups attached to an aromatic ring is 1. The molecule has 0 spiro atoms. The van der Waals surface area contributed by atoms with E-state index in [0.717, 1.165) is 17.1 Å². The van der Waals surface area contributed by atoms with E-state index in [0.29, 0.717) is 24.1 Å². The van der Waals surface area contributed by atoms with Gasteiger partial charge in [-0.15, -0.1) is 0 Å².